The normalized spacial score (nSPS) is 24.9. The minimum atomic E-state index is -0.508. The number of rotatable bonds is 6. The molecule has 0 amide bonds. The fourth-order valence-corrected chi connectivity index (χ4v) is 4.73. The van der Waals surface area contributed by atoms with Crippen LogP contribution in [0.4, 0.5) is 14.5 Å². The highest BCUT2D eigenvalue weighted by Crippen LogP contribution is 2.48. The Morgan fingerprint density at radius 3 is 2.50 bits per heavy atom. The van der Waals surface area contributed by atoms with Crippen LogP contribution in [-0.2, 0) is 9.57 Å². The van der Waals surface area contributed by atoms with Crippen molar-refractivity contribution >= 4 is 5.69 Å². The van der Waals surface area contributed by atoms with Crippen molar-refractivity contribution in [1.82, 2.24) is 4.98 Å². The SMILES string of the molecule is Fc1ccccc1-c1ccc(NOC[C@@H]2[C@@H](c3ccncc3)[C@@H]3CC[C@H]2O3)cc1F. The third-order valence-electron chi connectivity index (χ3n) is 6.11. The molecule has 2 aliphatic rings. The Morgan fingerprint density at radius 2 is 1.70 bits per heavy atom. The summed E-state index contributed by atoms with van der Waals surface area (Å²) in [5.74, 6) is -0.465. The highest BCUT2D eigenvalue weighted by atomic mass is 19.1. The molecule has 5 rings (SSSR count). The summed E-state index contributed by atoms with van der Waals surface area (Å²) in [7, 11) is 0. The molecule has 154 valence electrons. The van der Waals surface area contributed by atoms with Crippen LogP contribution in [0.25, 0.3) is 11.1 Å². The Morgan fingerprint density at radius 1 is 0.933 bits per heavy atom. The first-order valence-corrected chi connectivity index (χ1v) is 10.2. The molecule has 2 bridgehead atoms. The van der Waals surface area contributed by atoms with Crippen molar-refractivity contribution in [3.05, 3.63) is 84.2 Å². The maximum atomic E-state index is 14.6. The molecule has 2 saturated heterocycles. The van der Waals surface area contributed by atoms with Gasteiger partial charge < -0.3 is 4.74 Å². The lowest BCUT2D eigenvalue weighted by Crippen LogP contribution is -2.30. The molecule has 3 heterocycles. The number of nitrogens with one attached hydrogen (secondary N) is 1. The highest BCUT2D eigenvalue weighted by molar-refractivity contribution is 5.67. The number of anilines is 1. The lowest BCUT2D eigenvalue weighted by molar-refractivity contribution is 0.0677. The molecule has 0 radical (unpaired) electrons. The Labute approximate surface area is 173 Å². The van der Waals surface area contributed by atoms with Crippen LogP contribution in [0, 0.1) is 17.6 Å². The minimum absolute atomic E-state index is 0.176. The van der Waals surface area contributed by atoms with Crippen molar-refractivity contribution < 1.29 is 18.4 Å². The van der Waals surface area contributed by atoms with Gasteiger partial charge in [0, 0.05) is 35.4 Å². The number of nitrogens with zero attached hydrogens (tertiary/aromatic N) is 1. The van der Waals surface area contributed by atoms with E-state index in [0.717, 1.165) is 12.8 Å². The third kappa shape index (κ3) is 3.57. The molecule has 6 heteroatoms. The molecule has 2 aliphatic heterocycles. The molecular weight excluding hydrogens is 386 g/mol. The van der Waals surface area contributed by atoms with Crippen LogP contribution in [0.15, 0.2) is 67.0 Å². The van der Waals surface area contributed by atoms with Gasteiger partial charge in [-0.2, -0.15) is 0 Å². The lowest BCUT2D eigenvalue weighted by atomic mass is 9.76. The fraction of sp³-hybridized carbons (Fsp3) is 0.292. The summed E-state index contributed by atoms with van der Waals surface area (Å²) in [5, 5.41) is 0. The van der Waals surface area contributed by atoms with Crippen molar-refractivity contribution in [2.24, 2.45) is 5.92 Å². The molecule has 0 unspecified atom stereocenters. The van der Waals surface area contributed by atoms with Crippen molar-refractivity contribution in [2.75, 3.05) is 12.1 Å². The minimum Gasteiger partial charge on any atom is -0.374 e. The summed E-state index contributed by atoms with van der Waals surface area (Å²) < 4.78 is 34.6. The third-order valence-corrected chi connectivity index (χ3v) is 6.11. The van der Waals surface area contributed by atoms with Crippen molar-refractivity contribution in [3.63, 3.8) is 0 Å². The van der Waals surface area contributed by atoms with E-state index in [9.17, 15) is 8.78 Å². The van der Waals surface area contributed by atoms with Gasteiger partial charge in [-0.05, 0) is 54.8 Å². The zero-order valence-corrected chi connectivity index (χ0v) is 16.3. The molecule has 0 spiro atoms. The Bertz CT molecular complexity index is 1030. The summed E-state index contributed by atoms with van der Waals surface area (Å²) in [4.78, 5) is 9.85. The monoisotopic (exact) mass is 408 g/mol. The summed E-state index contributed by atoms with van der Waals surface area (Å²) in [5.41, 5.74) is 4.99. The molecule has 0 aliphatic carbocycles. The molecular formula is C24H22F2N2O2. The number of fused-ring (bicyclic) bond motifs is 2. The van der Waals surface area contributed by atoms with Crippen LogP contribution in [0.2, 0.25) is 0 Å². The first kappa shape index (κ1) is 19.2. The Kier molecular flexibility index (Phi) is 5.19. The summed E-state index contributed by atoms with van der Waals surface area (Å²) >= 11 is 0. The molecule has 2 fully saturated rings. The van der Waals surface area contributed by atoms with Crippen LogP contribution in [-0.4, -0.2) is 23.8 Å². The lowest BCUT2D eigenvalue weighted by Gasteiger charge is -2.28. The summed E-state index contributed by atoms with van der Waals surface area (Å²) in [6.07, 6.45) is 6.09. The zero-order valence-electron chi connectivity index (χ0n) is 16.3. The second-order valence-electron chi connectivity index (χ2n) is 7.85. The van der Waals surface area contributed by atoms with Gasteiger partial charge in [0.25, 0.3) is 0 Å². The smallest absolute Gasteiger partial charge is 0.133 e. The summed E-state index contributed by atoms with van der Waals surface area (Å²) in [6, 6.07) is 14.8. The van der Waals surface area contributed by atoms with Gasteiger partial charge in [-0.1, -0.05) is 18.2 Å². The maximum absolute atomic E-state index is 14.6. The van der Waals surface area contributed by atoms with E-state index in [1.54, 1.807) is 42.7 Å². The number of ether oxygens (including phenoxy) is 1. The van der Waals surface area contributed by atoms with Crippen LogP contribution >= 0.6 is 0 Å². The predicted molar refractivity (Wildman–Crippen MR) is 110 cm³/mol. The van der Waals surface area contributed by atoms with E-state index in [1.807, 2.05) is 12.1 Å². The van der Waals surface area contributed by atoms with Gasteiger partial charge in [-0.15, -0.1) is 0 Å². The van der Waals surface area contributed by atoms with Crippen LogP contribution in [0.3, 0.4) is 0 Å². The molecule has 4 atom stereocenters. The molecule has 4 nitrogen and oxygen atoms in total. The van der Waals surface area contributed by atoms with E-state index in [2.05, 4.69) is 10.5 Å². The topological polar surface area (TPSA) is 43.4 Å². The van der Waals surface area contributed by atoms with Crippen LogP contribution in [0.5, 0.6) is 0 Å². The van der Waals surface area contributed by atoms with E-state index in [1.165, 1.54) is 17.7 Å². The van der Waals surface area contributed by atoms with Gasteiger partial charge in [-0.25, -0.2) is 8.78 Å². The van der Waals surface area contributed by atoms with Gasteiger partial charge in [-0.3, -0.25) is 15.3 Å². The van der Waals surface area contributed by atoms with Gasteiger partial charge in [0.1, 0.15) is 11.6 Å². The van der Waals surface area contributed by atoms with Crippen LogP contribution in [0.1, 0.15) is 24.3 Å². The number of aromatic nitrogens is 1. The van der Waals surface area contributed by atoms with Crippen molar-refractivity contribution in [2.45, 2.75) is 31.0 Å². The Balaban J connectivity index is 1.26. The van der Waals surface area contributed by atoms with E-state index in [-0.39, 0.29) is 35.2 Å². The van der Waals surface area contributed by atoms with Crippen molar-refractivity contribution in [3.8, 4) is 11.1 Å². The molecule has 2 aromatic carbocycles. The molecule has 3 aromatic rings. The average molecular weight is 408 g/mol. The van der Waals surface area contributed by atoms with E-state index < -0.39 is 11.6 Å². The van der Waals surface area contributed by atoms with Gasteiger partial charge in [0.05, 0.1) is 24.5 Å². The first-order valence-electron chi connectivity index (χ1n) is 10.2. The standard InChI is InChI=1S/C24H22F2N2O2/c25-20-4-2-1-3-17(20)18-6-5-16(13-21(18)26)28-29-14-19-22-7-8-23(30-22)24(19)15-9-11-27-12-10-15/h1-6,9-13,19,22-24,28H,7-8,14H2/t19-,22+,23-,24+/m0/s1. The van der Waals surface area contributed by atoms with E-state index in [4.69, 9.17) is 9.57 Å². The number of hydrogen-bond acceptors (Lipinski definition) is 4. The van der Waals surface area contributed by atoms with E-state index in [0.29, 0.717) is 12.3 Å². The molecule has 1 aromatic heterocycles. The predicted octanol–water partition coefficient (Wildman–Crippen LogP) is 5.33. The quantitative estimate of drug-likeness (QED) is 0.560. The largest absolute Gasteiger partial charge is 0.374 e. The Hall–Kier alpha value is -2.83. The van der Waals surface area contributed by atoms with Gasteiger partial charge in [0.15, 0.2) is 0 Å². The molecule has 1 N–H and O–H groups in total. The number of halogens is 2. The highest BCUT2D eigenvalue weighted by Gasteiger charge is 2.49. The fourth-order valence-electron chi connectivity index (χ4n) is 4.73. The number of hydrogen-bond donors (Lipinski definition) is 1. The summed E-state index contributed by atoms with van der Waals surface area (Å²) in [6.45, 7) is 0.449. The average Bonchev–Trinajstić information content (AvgIpc) is 3.37. The second-order valence-corrected chi connectivity index (χ2v) is 7.85. The number of benzene rings is 2. The molecule has 0 saturated carbocycles. The van der Waals surface area contributed by atoms with E-state index >= 15 is 0 Å². The first-order chi connectivity index (χ1) is 14.7. The van der Waals surface area contributed by atoms with Crippen LogP contribution < -0.4 is 5.48 Å². The molecule has 30 heavy (non-hydrogen) atoms. The van der Waals surface area contributed by atoms with Crippen molar-refractivity contribution in [1.29, 1.82) is 0 Å². The second kappa shape index (κ2) is 8.13. The van der Waals surface area contributed by atoms with Gasteiger partial charge in [0.2, 0.25) is 0 Å². The number of pyridine rings is 1. The zero-order chi connectivity index (χ0) is 20.5. The maximum Gasteiger partial charge on any atom is 0.133 e. The van der Waals surface area contributed by atoms with Gasteiger partial charge >= 0.3 is 0 Å².